The van der Waals surface area contributed by atoms with Crippen molar-refractivity contribution < 1.29 is 27.8 Å². The number of carbonyl (C=O) groups excluding carboxylic acids is 1. The van der Waals surface area contributed by atoms with Crippen LogP contribution in [0, 0.1) is 0 Å². The number of aliphatic hydroxyl groups excluding tert-OH is 1. The maximum absolute atomic E-state index is 12.8. The lowest BCUT2D eigenvalue weighted by Crippen LogP contribution is -2.36. The largest absolute Gasteiger partial charge is 0.444 e. The topological polar surface area (TPSA) is 58.6 Å². The molecular weight excluding hydrogens is 263 g/mol. The van der Waals surface area contributed by atoms with Gasteiger partial charge in [0.25, 0.3) is 0 Å². The average molecular weight is 275 g/mol. The van der Waals surface area contributed by atoms with E-state index < -0.39 is 30.0 Å². The number of rotatable bonds is 3. The standard InChI is InChI=1S/C12H12F3NO3/c13-12(14,15)8-4-2-1-3-7(8)5-10-9(6-17)16-11(18)19-10/h1-4,9-10,17H,5-6H2,(H,16,18). The zero-order valence-electron chi connectivity index (χ0n) is 9.78. The summed E-state index contributed by atoms with van der Waals surface area (Å²) in [5, 5.41) is 11.4. The Kier molecular flexibility index (Phi) is 3.66. The number of amides is 1. The first-order chi connectivity index (χ1) is 8.91. The van der Waals surface area contributed by atoms with Gasteiger partial charge in [0.1, 0.15) is 6.10 Å². The number of alkyl carbamates (subject to hydrolysis) is 1. The predicted octanol–water partition coefficient (Wildman–Crippen LogP) is 1.72. The van der Waals surface area contributed by atoms with Crippen molar-refractivity contribution in [3.8, 4) is 0 Å². The molecule has 0 spiro atoms. The molecule has 0 radical (unpaired) electrons. The van der Waals surface area contributed by atoms with E-state index in [0.717, 1.165) is 6.07 Å². The molecule has 0 bridgehead atoms. The third-order valence-corrected chi connectivity index (χ3v) is 2.95. The summed E-state index contributed by atoms with van der Waals surface area (Å²) in [6.07, 6.45) is -6.09. The Labute approximate surface area is 107 Å². The number of hydrogen-bond acceptors (Lipinski definition) is 3. The van der Waals surface area contributed by atoms with Crippen molar-refractivity contribution in [1.82, 2.24) is 5.32 Å². The molecular formula is C12H12F3NO3. The van der Waals surface area contributed by atoms with Gasteiger partial charge in [-0.1, -0.05) is 18.2 Å². The van der Waals surface area contributed by atoms with Crippen molar-refractivity contribution in [2.45, 2.75) is 24.7 Å². The van der Waals surface area contributed by atoms with Crippen molar-refractivity contribution in [3.05, 3.63) is 35.4 Å². The molecule has 1 heterocycles. The van der Waals surface area contributed by atoms with Crippen molar-refractivity contribution >= 4 is 6.09 Å². The Balaban J connectivity index is 2.22. The Bertz CT molecular complexity index is 476. The van der Waals surface area contributed by atoms with Gasteiger partial charge in [0.15, 0.2) is 0 Å². The van der Waals surface area contributed by atoms with Crippen LogP contribution >= 0.6 is 0 Å². The van der Waals surface area contributed by atoms with E-state index in [1.165, 1.54) is 18.2 Å². The molecule has 0 aliphatic carbocycles. The van der Waals surface area contributed by atoms with E-state index in [9.17, 15) is 18.0 Å². The van der Waals surface area contributed by atoms with E-state index in [4.69, 9.17) is 9.84 Å². The zero-order chi connectivity index (χ0) is 14.0. The minimum atomic E-state index is -4.46. The molecule has 4 nitrogen and oxygen atoms in total. The minimum absolute atomic E-state index is 0.0370. The first kappa shape index (κ1) is 13.7. The molecule has 0 saturated carbocycles. The van der Waals surface area contributed by atoms with Gasteiger partial charge in [0.2, 0.25) is 0 Å². The molecule has 1 amide bonds. The summed E-state index contributed by atoms with van der Waals surface area (Å²) >= 11 is 0. The first-order valence-electron chi connectivity index (χ1n) is 5.65. The molecule has 1 aliphatic rings. The van der Waals surface area contributed by atoms with Crippen molar-refractivity contribution in [3.63, 3.8) is 0 Å². The van der Waals surface area contributed by atoms with Crippen LogP contribution in [0.1, 0.15) is 11.1 Å². The molecule has 2 N–H and O–H groups in total. The molecule has 19 heavy (non-hydrogen) atoms. The third-order valence-electron chi connectivity index (χ3n) is 2.95. The fraction of sp³-hybridized carbons (Fsp3) is 0.417. The second kappa shape index (κ2) is 5.08. The zero-order valence-corrected chi connectivity index (χ0v) is 9.78. The van der Waals surface area contributed by atoms with Crippen LogP contribution in [-0.4, -0.2) is 30.0 Å². The lowest BCUT2D eigenvalue weighted by Gasteiger charge is -2.18. The number of nitrogens with one attached hydrogen (secondary N) is 1. The van der Waals surface area contributed by atoms with Gasteiger partial charge >= 0.3 is 12.3 Å². The first-order valence-corrected chi connectivity index (χ1v) is 5.65. The van der Waals surface area contributed by atoms with Crippen LogP contribution in [0.15, 0.2) is 24.3 Å². The molecule has 1 saturated heterocycles. The summed E-state index contributed by atoms with van der Waals surface area (Å²) < 4.78 is 43.3. The Morgan fingerprint density at radius 2 is 2.00 bits per heavy atom. The van der Waals surface area contributed by atoms with Crippen molar-refractivity contribution in [2.24, 2.45) is 0 Å². The van der Waals surface area contributed by atoms with Gasteiger partial charge < -0.3 is 15.2 Å². The molecule has 1 fully saturated rings. The Morgan fingerprint density at radius 1 is 1.32 bits per heavy atom. The number of aliphatic hydroxyl groups is 1. The van der Waals surface area contributed by atoms with Crippen LogP contribution in [0.5, 0.6) is 0 Å². The molecule has 1 aliphatic heterocycles. The number of cyclic esters (lactones) is 1. The number of carbonyl (C=O) groups is 1. The van der Waals surface area contributed by atoms with E-state index in [0.29, 0.717) is 0 Å². The molecule has 2 unspecified atom stereocenters. The normalized spacial score (nSPS) is 23.1. The van der Waals surface area contributed by atoms with Gasteiger partial charge in [0.05, 0.1) is 18.2 Å². The maximum Gasteiger partial charge on any atom is 0.416 e. The van der Waals surface area contributed by atoms with E-state index in [-0.39, 0.29) is 18.6 Å². The second-order valence-electron chi connectivity index (χ2n) is 4.24. The summed E-state index contributed by atoms with van der Waals surface area (Å²) in [7, 11) is 0. The van der Waals surface area contributed by atoms with Gasteiger partial charge in [-0.15, -0.1) is 0 Å². The van der Waals surface area contributed by atoms with Crippen LogP contribution in [-0.2, 0) is 17.3 Å². The molecule has 2 atom stereocenters. The molecule has 0 aromatic heterocycles. The highest BCUT2D eigenvalue weighted by molar-refractivity contribution is 5.70. The van der Waals surface area contributed by atoms with E-state index in [2.05, 4.69) is 5.32 Å². The van der Waals surface area contributed by atoms with Crippen LogP contribution in [0.2, 0.25) is 0 Å². The quantitative estimate of drug-likeness (QED) is 0.883. The maximum atomic E-state index is 12.8. The summed E-state index contributed by atoms with van der Waals surface area (Å²) in [6.45, 7) is -0.384. The Morgan fingerprint density at radius 3 is 2.63 bits per heavy atom. The lowest BCUT2D eigenvalue weighted by atomic mass is 9.98. The average Bonchev–Trinajstić information content (AvgIpc) is 2.69. The monoisotopic (exact) mass is 275 g/mol. The summed E-state index contributed by atoms with van der Waals surface area (Å²) in [4.78, 5) is 11.0. The number of halogens is 3. The van der Waals surface area contributed by atoms with E-state index in [1.807, 2.05) is 0 Å². The number of hydrogen-bond donors (Lipinski definition) is 2. The minimum Gasteiger partial charge on any atom is -0.444 e. The molecule has 7 heteroatoms. The highest BCUT2D eigenvalue weighted by Gasteiger charge is 2.37. The van der Waals surface area contributed by atoms with Crippen LogP contribution in [0.4, 0.5) is 18.0 Å². The van der Waals surface area contributed by atoms with Crippen LogP contribution < -0.4 is 5.32 Å². The van der Waals surface area contributed by atoms with Gasteiger partial charge in [-0.05, 0) is 11.6 Å². The van der Waals surface area contributed by atoms with Crippen LogP contribution in [0.25, 0.3) is 0 Å². The van der Waals surface area contributed by atoms with Gasteiger partial charge in [0, 0.05) is 6.42 Å². The highest BCUT2D eigenvalue weighted by atomic mass is 19.4. The van der Waals surface area contributed by atoms with Gasteiger partial charge in [-0.3, -0.25) is 0 Å². The highest BCUT2D eigenvalue weighted by Crippen LogP contribution is 2.33. The number of alkyl halides is 3. The van der Waals surface area contributed by atoms with Crippen LogP contribution in [0.3, 0.4) is 0 Å². The molecule has 1 aromatic carbocycles. The van der Waals surface area contributed by atoms with Gasteiger partial charge in [-0.25, -0.2) is 4.79 Å². The van der Waals surface area contributed by atoms with Gasteiger partial charge in [-0.2, -0.15) is 13.2 Å². The molecule has 1 aromatic rings. The van der Waals surface area contributed by atoms with E-state index in [1.54, 1.807) is 0 Å². The van der Waals surface area contributed by atoms with E-state index >= 15 is 0 Å². The third kappa shape index (κ3) is 2.98. The summed E-state index contributed by atoms with van der Waals surface area (Å²) in [6, 6.07) is 4.42. The summed E-state index contributed by atoms with van der Waals surface area (Å²) in [5.41, 5.74) is -0.718. The molecule has 104 valence electrons. The smallest absolute Gasteiger partial charge is 0.416 e. The second-order valence-corrected chi connectivity index (χ2v) is 4.24. The fourth-order valence-electron chi connectivity index (χ4n) is 2.04. The predicted molar refractivity (Wildman–Crippen MR) is 59.4 cm³/mol. The SMILES string of the molecule is O=C1NC(CO)C(Cc2ccccc2C(F)(F)F)O1. The van der Waals surface area contributed by atoms with Crippen molar-refractivity contribution in [1.29, 1.82) is 0 Å². The Hall–Kier alpha value is -1.76. The summed E-state index contributed by atoms with van der Waals surface area (Å²) in [5.74, 6) is 0. The fourth-order valence-corrected chi connectivity index (χ4v) is 2.04. The number of ether oxygens (including phenoxy) is 1. The lowest BCUT2D eigenvalue weighted by molar-refractivity contribution is -0.138. The van der Waals surface area contributed by atoms with Crippen molar-refractivity contribution in [2.75, 3.05) is 6.61 Å². The number of benzene rings is 1. The molecule has 2 rings (SSSR count).